The van der Waals surface area contributed by atoms with Crippen LogP contribution >= 0.6 is 22.9 Å². The average molecular weight is 300 g/mol. The van der Waals surface area contributed by atoms with Crippen molar-refractivity contribution < 1.29 is 0 Å². The number of hydrogen-bond acceptors (Lipinski definition) is 2. The lowest BCUT2D eigenvalue weighted by Crippen LogP contribution is -2.45. The van der Waals surface area contributed by atoms with Gasteiger partial charge in [0, 0.05) is 17.0 Å². The summed E-state index contributed by atoms with van der Waals surface area (Å²) in [6.45, 7) is 9.40. The quantitative estimate of drug-likeness (QED) is 0.759. The van der Waals surface area contributed by atoms with Crippen LogP contribution in [0.15, 0.2) is 12.1 Å². The third-order valence-corrected chi connectivity index (χ3v) is 5.78. The molecule has 0 spiro atoms. The van der Waals surface area contributed by atoms with Crippen molar-refractivity contribution in [3.63, 3.8) is 0 Å². The van der Waals surface area contributed by atoms with Crippen molar-refractivity contribution >= 4 is 22.9 Å². The maximum absolute atomic E-state index is 6.04. The minimum atomic E-state index is 0.394. The lowest BCUT2D eigenvalue weighted by atomic mass is 9.69. The minimum absolute atomic E-state index is 0.394. The van der Waals surface area contributed by atoms with Crippen molar-refractivity contribution in [3.8, 4) is 0 Å². The molecule has 1 nitrogen and oxygen atoms in total. The molecule has 3 heteroatoms. The van der Waals surface area contributed by atoms with Gasteiger partial charge in [-0.3, -0.25) is 0 Å². The number of halogens is 1. The summed E-state index contributed by atoms with van der Waals surface area (Å²) in [4.78, 5) is 1.35. The lowest BCUT2D eigenvalue weighted by Gasteiger charge is -2.42. The molecule has 108 valence electrons. The van der Waals surface area contributed by atoms with Crippen LogP contribution in [0.25, 0.3) is 0 Å². The number of hydrogen-bond donors (Lipinski definition) is 1. The van der Waals surface area contributed by atoms with Crippen LogP contribution in [0.5, 0.6) is 0 Å². The Bertz CT molecular complexity index is 407. The molecule has 2 rings (SSSR count). The molecular formula is C16H26ClNS. The number of thiophene rings is 1. The van der Waals surface area contributed by atoms with E-state index in [9.17, 15) is 0 Å². The molecule has 1 aromatic heterocycles. The van der Waals surface area contributed by atoms with Gasteiger partial charge in [-0.2, -0.15) is 0 Å². The largest absolute Gasteiger partial charge is 0.306 e. The molecular weight excluding hydrogens is 274 g/mol. The van der Waals surface area contributed by atoms with E-state index in [1.54, 1.807) is 11.3 Å². The Hall–Kier alpha value is -0.0500. The fraction of sp³-hybridized carbons (Fsp3) is 0.750. The molecule has 1 N–H and O–H groups in total. The Morgan fingerprint density at radius 2 is 1.95 bits per heavy atom. The van der Waals surface area contributed by atoms with Gasteiger partial charge < -0.3 is 5.32 Å². The highest BCUT2D eigenvalue weighted by atomic mass is 35.5. The van der Waals surface area contributed by atoms with E-state index >= 15 is 0 Å². The maximum atomic E-state index is 6.04. The van der Waals surface area contributed by atoms with Gasteiger partial charge in [0.1, 0.15) is 0 Å². The van der Waals surface area contributed by atoms with Crippen LogP contribution < -0.4 is 5.32 Å². The van der Waals surface area contributed by atoms with Crippen molar-refractivity contribution in [3.05, 3.63) is 21.3 Å². The van der Waals surface area contributed by atoms with Crippen LogP contribution in [-0.2, 0) is 0 Å². The highest BCUT2D eigenvalue weighted by molar-refractivity contribution is 7.16. The van der Waals surface area contributed by atoms with E-state index in [2.05, 4.69) is 39.1 Å². The zero-order valence-corrected chi connectivity index (χ0v) is 14.1. The van der Waals surface area contributed by atoms with Crippen LogP contribution in [-0.4, -0.2) is 6.04 Å². The summed E-state index contributed by atoms with van der Waals surface area (Å²) in [5, 5.41) is 3.86. The van der Waals surface area contributed by atoms with E-state index in [4.69, 9.17) is 11.6 Å². The molecule has 0 amide bonds. The van der Waals surface area contributed by atoms with Gasteiger partial charge in [-0.25, -0.2) is 0 Å². The number of rotatable bonds is 3. The van der Waals surface area contributed by atoms with Gasteiger partial charge in [0.05, 0.1) is 4.34 Å². The Balaban J connectivity index is 2.03. The summed E-state index contributed by atoms with van der Waals surface area (Å²) in [6.07, 6.45) is 5.42. The predicted molar refractivity (Wildman–Crippen MR) is 86.1 cm³/mol. The average Bonchev–Trinajstić information content (AvgIpc) is 2.75. The molecule has 0 radical (unpaired) electrons. The van der Waals surface area contributed by atoms with Gasteiger partial charge in [0.25, 0.3) is 0 Å². The van der Waals surface area contributed by atoms with E-state index in [1.807, 2.05) is 6.07 Å². The molecule has 3 atom stereocenters. The first-order chi connectivity index (χ1) is 8.88. The first-order valence-corrected chi connectivity index (χ1v) is 8.58. The van der Waals surface area contributed by atoms with E-state index < -0.39 is 0 Å². The highest BCUT2D eigenvalue weighted by Crippen LogP contribution is 2.39. The van der Waals surface area contributed by atoms with Crippen molar-refractivity contribution in [2.24, 2.45) is 11.3 Å². The molecule has 1 fully saturated rings. The van der Waals surface area contributed by atoms with Crippen LogP contribution in [0.1, 0.15) is 64.3 Å². The van der Waals surface area contributed by atoms with E-state index in [0.717, 1.165) is 10.3 Å². The molecule has 3 unspecified atom stereocenters. The Kier molecular flexibility index (Phi) is 4.97. The molecule has 1 aliphatic carbocycles. The highest BCUT2D eigenvalue weighted by Gasteiger charge is 2.34. The molecule has 0 bridgehead atoms. The first-order valence-electron chi connectivity index (χ1n) is 7.39. The van der Waals surface area contributed by atoms with E-state index in [0.29, 0.717) is 17.5 Å². The lowest BCUT2D eigenvalue weighted by molar-refractivity contribution is 0.125. The molecule has 1 saturated carbocycles. The predicted octanol–water partition coefficient (Wildman–Crippen LogP) is 5.66. The third kappa shape index (κ3) is 3.96. The van der Waals surface area contributed by atoms with Crippen molar-refractivity contribution in [2.75, 3.05) is 0 Å². The van der Waals surface area contributed by atoms with Crippen molar-refractivity contribution in [2.45, 2.75) is 65.5 Å². The van der Waals surface area contributed by atoms with Crippen LogP contribution in [0, 0.1) is 11.3 Å². The smallest absolute Gasteiger partial charge is 0.0931 e. The molecule has 1 aliphatic rings. The van der Waals surface area contributed by atoms with E-state index in [1.165, 1.54) is 30.6 Å². The van der Waals surface area contributed by atoms with Gasteiger partial charge in [-0.05, 0) is 43.2 Å². The topological polar surface area (TPSA) is 12.0 Å². The van der Waals surface area contributed by atoms with E-state index in [-0.39, 0.29) is 0 Å². The molecule has 0 saturated heterocycles. The van der Waals surface area contributed by atoms with Crippen LogP contribution in [0.4, 0.5) is 0 Å². The Labute approximate surface area is 126 Å². The third-order valence-electron chi connectivity index (χ3n) is 4.36. The summed E-state index contributed by atoms with van der Waals surface area (Å²) in [5.41, 5.74) is 0.394. The van der Waals surface area contributed by atoms with Gasteiger partial charge in [-0.15, -0.1) is 11.3 Å². The normalized spacial score (nSPS) is 26.4. The van der Waals surface area contributed by atoms with Crippen LogP contribution in [0.2, 0.25) is 4.34 Å². The molecule has 0 aromatic carbocycles. The van der Waals surface area contributed by atoms with Crippen LogP contribution in [0.3, 0.4) is 0 Å². The maximum Gasteiger partial charge on any atom is 0.0931 e. The Morgan fingerprint density at radius 1 is 1.26 bits per heavy atom. The molecule has 1 aromatic rings. The SMILES string of the molecule is CC(NC1CCCCC1C(C)(C)C)c1ccc(Cl)s1. The fourth-order valence-corrected chi connectivity index (χ4v) is 4.40. The molecule has 0 aliphatic heterocycles. The number of nitrogens with one attached hydrogen (secondary N) is 1. The monoisotopic (exact) mass is 299 g/mol. The Morgan fingerprint density at radius 3 is 2.53 bits per heavy atom. The zero-order valence-electron chi connectivity index (χ0n) is 12.5. The second-order valence-corrected chi connectivity index (χ2v) is 8.64. The first kappa shape index (κ1) is 15.3. The van der Waals surface area contributed by atoms with Gasteiger partial charge in [0.15, 0.2) is 0 Å². The fourth-order valence-electron chi connectivity index (χ4n) is 3.33. The second kappa shape index (κ2) is 6.15. The molecule has 1 heterocycles. The molecule has 19 heavy (non-hydrogen) atoms. The minimum Gasteiger partial charge on any atom is -0.306 e. The summed E-state index contributed by atoms with van der Waals surface area (Å²) in [6, 6.07) is 5.21. The summed E-state index contributed by atoms with van der Waals surface area (Å²) < 4.78 is 0.889. The van der Waals surface area contributed by atoms with Crippen molar-refractivity contribution in [1.29, 1.82) is 0 Å². The van der Waals surface area contributed by atoms with Crippen molar-refractivity contribution in [1.82, 2.24) is 5.32 Å². The zero-order chi connectivity index (χ0) is 14.0. The summed E-state index contributed by atoms with van der Waals surface area (Å²) in [7, 11) is 0. The van der Waals surface area contributed by atoms with Gasteiger partial charge >= 0.3 is 0 Å². The summed E-state index contributed by atoms with van der Waals surface area (Å²) in [5.74, 6) is 0.777. The van der Waals surface area contributed by atoms with Gasteiger partial charge in [-0.1, -0.05) is 45.2 Å². The standard InChI is InChI=1S/C16H26ClNS/c1-11(14-9-10-15(17)19-14)18-13-8-6-5-7-12(13)16(2,3)4/h9-13,18H,5-8H2,1-4H3. The van der Waals surface area contributed by atoms with Gasteiger partial charge in [0.2, 0.25) is 0 Å². The summed E-state index contributed by atoms with van der Waals surface area (Å²) >= 11 is 7.74. The second-order valence-electron chi connectivity index (χ2n) is 6.89.